The van der Waals surface area contributed by atoms with Crippen LogP contribution in [0.15, 0.2) is 42.7 Å². The summed E-state index contributed by atoms with van der Waals surface area (Å²) < 4.78 is 62.2. The molecule has 0 aliphatic carbocycles. The van der Waals surface area contributed by atoms with E-state index in [0.717, 1.165) is 49.8 Å². The summed E-state index contributed by atoms with van der Waals surface area (Å²) in [7, 11) is 0. The molecule has 10 nitrogen and oxygen atoms in total. The van der Waals surface area contributed by atoms with Crippen molar-refractivity contribution in [3.8, 4) is 0 Å². The van der Waals surface area contributed by atoms with Crippen molar-refractivity contribution < 1.29 is 31.9 Å². The number of morpholine rings is 1. The third-order valence-corrected chi connectivity index (χ3v) is 11.5. The molecule has 8 rings (SSSR count). The number of nitrogens with one attached hydrogen (secondary N) is 1. The molecule has 0 unspecified atom stereocenters. The number of carbonyl (C=O) groups excluding carboxylic acids is 2. The minimum atomic E-state index is -0.752. The Kier molecular flexibility index (Phi) is 11.3. The number of halogens is 5. The Balaban J connectivity index is 0.000000193. The first-order valence-corrected chi connectivity index (χ1v) is 19.7. The number of carbonyl (C=O) groups is 2. The van der Waals surface area contributed by atoms with Crippen LogP contribution in [0.25, 0.3) is 21.8 Å². The van der Waals surface area contributed by atoms with Crippen molar-refractivity contribution in [2.45, 2.75) is 67.2 Å². The second-order valence-corrected chi connectivity index (χ2v) is 17.2. The molecule has 1 N–H and O–H groups in total. The summed E-state index contributed by atoms with van der Waals surface area (Å²) in [4.78, 5) is 43.9. The Bertz CT molecular complexity index is 2440. The highest BCUT2D eigenvalue weighted by molar-refractivity contribution is 6.36. The van der Waals surface area contributed by atoms with Gasteiger partial charge in [-0.3, -0.25) is 24.4 Å². The molecule has 3 saturated heterocycles. The minimum absolute atomic E-state index is 0.0434. The van der Waals surface area contributed by atoms with Crippen LogP contribution in [0.4, 0.5) is 46.3 Å². The molecule has 0 bridgehead atoms. The number of benzene rings is 2. The first kappa shape index (κ1) is 41.1. The second-order valence-electron chi connectivity index (χ2n) is 16.8. The van der Waals surface area contributed by atoms with Crippen LogP contribution < -0.4 is 20.0 Å². The molecule has 3 aliphatic heterocycles. The molecule has 5 aromatic rings. The van der Waals surface area contributed by atoms with E-state index < -0.39 is 23.3 Å². The third-order valence-electron chi connectivity index (χ3n) is 11.1. The normalized spacial score (nSPS) is 18.1. The number of rotatable bonds is 5. The molecular formula is C43H46ClF4N7O3. The Morgan fingerprint density at radius 2 is 1.24 bits per heavy atom. The maximum atomic E-state index is 15.1. The van der Waals surface area contributed by atoms with Gasteiger partial charge in [-0.15, -0.1) is 0 Å². The average Bonchev–Trinajstić information content (AvgIpc) is 3.16. The number of aromatic nitrogens is 3. The number of amides is 2. The van der Waals surface area contributed by atoms with Crippen molar-refractivity contribution in [2.24, 2.45) is 10.8 Å². The lowest BCUT2D eigenvalue weighted by Gasteiger charge is -2.38. The van der Waals surface area contributed by atoms with Gasteiger partial charge in [0.1, 0.15) is 34.9 Å². The van der Waals surface area contributed by atoms with Crippen LogP contribution in [-0.4, -0.2) is 66.2 Å². The lowest BCUT2D eigenvalue weighted by Crippen LogP contribution is -2.44. The minimum Gasteiger partial charge on any atom is -0.378 e. The van der Waals surface area contributed by atoms with Crippen LogP contribution >= 0.6 is 11.6 Å². The maximum absolute atomic E-state index is 15.1. The molecule has 58 heavy (non-hydrogen) atoms. The molecule has 0 spiro atoms. The highest BCUT2D eigenvalue weighted by Crippen LogP contribution is 2.41. The number of hydrogen-bond acceptors (Lipinski definition) is 8. The van der Waals surface area contributed by atoms with E-state index in [-0.39, 0.29) is 49.5 Å². The summed E-state index contributed by atoms with van der Waals surface area (Å²) in [6, 6.07) is 5.91. The molecule has 3 fully saturated rings. The molecule has 0 radical (unpaired) electrons. The molecule has 0 atom stereocenters. The van der Waals surface area contributed by atoms with E-state index in [1.807, 2.05) is 6.07 Å². The standard InChI is InChI=1S/C26H29F2N5O2.C17H17ClF2N2O/c1-16-24(30-18-12-19(14-29-13-18)32-6-8-35-9-7-32)23-20(28)10-17(27)11-21(23)31-25(16)33-15-26(2,3)5-4-22(33)34;1-9-15(18)14-11(20)6-10(19)7-12(14)21-16(9)22-8-17(2,3)5-4-13(22)23/h10-14H,4-9,15H2,1-3H3,(H,30,31);6-7H,4-5,8H2,1-3H3. The first-order valence-electron chi connectivity index (χ1n) is 19.3. The number of nitrogens with zero attached hydrogens (tertiary/aromatic N) is 6. The topological polar surface area (TPSA) is 104 Å². The molecule has 2 aromatic carbocycles. The lowest BCUT2D eigenvalue weighted by atomic mass is 9.83. The van der Waals surface area contributed by atoms with E-state index in [4.69, 9.17) is 16.3 Å². The average molecular weight is 820 g/mol. The molecule has 3 aromatic heterocycles. The van der Waals surface area contributed by atoms with Crippen molar-refractivity contribution in [1.82, 2.24) is 15.0 Å². The number of pyridine rings is 3. The summed E-state index contributed by atoms with van der Waals surface area (Å²) >= 11 is 6.29. The summed E-state index contributed by atoms with van der Waals surface area (Å²) in [5.74, 6) is -2.21. The van der Waals surface area contributed by atoms with Gasteiger partial charge >= 0.3 is 0 Å². The zero-order valence-electron chi connectivity index (χ0n) is 33.4. The summed E-state index contributed by atoms with van der Waals surface area (Å²) in [6.07, 6.45) is 5.84. The SMILES string of the molecule is Cc1c(N2CC(C)(C)CCC2=O)nc2cc(F)cc(F)c2c1Cl.Cc1c(N2CC(C)(C)CCC2=O)nc2cc(F)cc(F)c2c1Nc1cncc(N2CCOCC2)c1. The van der Waals surface area contributed by atoms with Gasteiger partial charge in [-0.1, -0.05) is 39.3 Å². The van der Waals surface area contributed by atoms with Crippen molar-refractivity contribution >= 4 is 73.9 Å². The van der Waals surface area contributed by atoms with Crippen LogP contribution in [0.5, 0.6) is 0 Å². The van der Waals surface area contributed by atoms with Gasteiger partial charge in [0.05, 0.1) is 69.5 Å². The number of piperidine rings is 2. The number of hydrogen-bond donors (Lipinski definition) is 1. The fourth-order valence-corrected chi connectivity index (χ4v) is 8.07. The predicted octanol–water partition coefficient (Wildman–Crippen LogP) is 9.58. The van der Waals surface area contributed by atoms with Gasteiger partial charge in [-0.25, -0.2) is 27.5 Å². The van der Waals surface area contributed by atoms with Gasteiger partial charge in [-0.2, -0.15) is 0 Å². The smallest absolute Gasteiger partial charge is 0.228 e. The summed E-state index contributed by atoms with van der Waals surface area (Å²) in [5, 5.41) is 3.73. The fourth-order valence-electron chi connectivity index (χ4n) is 7.80. The molecule has 0 saturated carbocycles. The van der Waals surface area contributed by atoms with Crippen LogP contribution in [-0.2, 0) is 14.3 Å². The van der Waals surface area contributed by atoms with Gasteiger partial charge in [0, 0.05) is 74.4 Å². The number of fused-ring (bicyclic) bond motifs is 2. The van der Waals surface area contributed by atoms with Gasteiger partial charge in [0.25, 0.3) is 0 Å². The lowest BCUT2D eigenvalue weighted by molar-refractivity contribution is -0.121. The van der Waals surface area contributed by atoms with E-state index in [1.165, 1.54) is 6.07 Å². The van der Waals surface area contributed by atoms with Crippen molar-refractivity contribution in [2.75, 3.05) is 59.4 Å². The maximum Gasteiger partial charge on any atom is 0.228 e. The van der Waals surface area contributed by atoms with Gasteiger partial charge in [0.2, 0.25) is 11.8 Å². The molecular weight excluding hydrogens is 774 g/mol. The fraction of sp³-hybridized carbons (Fsp3) is 0.419. The van der Waals surface area contributed by atoms with E-state index in [1.54, 1.807) is 36.0 Å². The van der Waals surface area contributed by atoms with Crippen molar-refractivity contribution in [3.63, 3.8) is 0 Å². The third kappa shape index (κ3) is 8.40. The van der Waals surface area contributed by atoms with Crippen molar-refractivity contribution in [3.05, 3.63) is 82.1 Å². The van der Waals surface area contributed by atoms with E-state index in [9.17, 15) is 22.8 Å². The highest BCUT2D eigenvalue weighted by atomic mass is 35.5. The van der Waals surface area contributed by atoms with Crippen LogP contribution in [0, 0.1) is 47.9 Å². The largest absolute Gasteiger partial charge is 0.378 e. The summed E-state index contributed by atoms with van der Waals surface area (Å²) in [6.45, 7) is 15.6. The molecule has 3 aliphatic rings. The molecule has 15 heteroatoms. The number of anilines is 5. The monoisotopic (exact) mass is 819 g/mol. The van der Waals surface area contributed by atoms with Gasteiger partial charge < -0.3 is 15.0 Å². The quantitative estimate of drug-likeness (QED) is 0.175. The zero-order valence-corrected chi connectivity index (χ0v) is 34.2. The Morgan fingerprint density at radius 1 is 0.724 bits per heavy atom. The first-order chi connectivity index (χ1) is 27.4. The van der Waals surface area contributed by atoms with Gasteiger partial charge in [0.15, 0.2) is 0 Å². The van der Waals surface area contributed by atoms with Gasteiger partial charge in [-0.05, 0) is 43.6 Å². The van der Waals surface area contributed by atoms with Crippen LogP contribution in [0.2, 0.25) is 5.02 Å². The summed E-state index contributed by atoms with van der Waals surface area (Å²) in [5.41, 5.74) is 3.30. The molecule has 2 amide bonds. The Hall–Kier alpha value is -5.08. The Labute approximate surface area is 339 Å². The van der Waals surface area contributed by atoms with Crippen molar-refractivity contribution in [1.29, 1.82) is 0 Å². The molecule has 306 valence electrons. The second kappa shape index (κ2) is 15.9. The van der Waals surface area contributed by atoms with Crippen LogP contribution in [0.1, 0.15) is 64.5 Å². The van der Waals surface area contributed by atoms with Crippen LogP contribution in [0.3, 0.4) is 0 Å². The van der Waals surface area contributed by atoms with E-state index in [0.29, 0.717) is 73.3 Å². The predicted molar refractivity (Wildman–Crippen MR) is 219 cm³/mol. The van der Waals surface area contributed by atoms with E-state index in [2.05, 4.69) is 52.9 Å². The van der Waals surface area contributed by atoms with E-state index >= 15 is 4.39 Å². The molecule has 6 heterocycles. The zero-order chi connectivity index (χ0) is 41.7. The Morgan fingerprint density at radius 3 is 1.81 bits per heavy atom. The number of ether oxygens (including phenoxy) is 1. The highest BCUT2D eigenvalue weighted by Gasteiger charge is 2.36.